The van der Waals surface area contributed by atoms with Crippen LogP contribution in [0.3, 0.4) is 0 Å². The summed E-state index contributed by atoms with van der Waals surface area (Å²) in [5.41, 5.74) is 2.52. The maximum Gasteiger partial charge on any atom is 0.251 e. The third-order valence-electron chi connectivity index (χ3n) is 4.83. The molecule has 1 aromatic heterocycles. The van der Waals surface area contributed by atoms with Gasteiger partial charge in [0.2, 0.25) is 0 Å². The van der Waals surface area contributed by atoms with Crippen LogP contribution in [-0.2, 0) is 6.54 Å². The molecule has 0 saturated carbocycles. The maximum atomic E-state index is 12.7. The summed E-state index contributed by atoms with van der Waals surface area (Å²) in [5.74, 6) is 1.50. The first-order valence-electron chi connectivity index (χ1n) is 9.81. The van der Waals surface area contributed by atoms with E-state index in [0.29, 0.717) is 18.7 Å². The molecule has 4 rings (SSSR count). The highest BCUT2D eigenvalue weighted by atomic mass is 79.9. The van der Waals surface area contributed by atoms with E-state index >= 15 is 0 Å². The molecule has 1 unspecified atom stereocenters. The van der Waals surface area contributed by atoms with Crippen molar-refractivity contribution < 1.29 is 9.53 Å². The minimum absolute atomic E-state index is 0.136. The summed E-state index contributed by atoms with van der Waals surface area (Å²) in [6, 6.07) is 24.8. The van der Waals surface area contributed by atoms with E-state index in [1.54, 1.807) is 12.1 Å². The van der Waals surface area contributed by atoms with Crippen molar-refractivity contribution in [3.8, 4) is 5.75 Å². The fourth-order valence-corrected chi connectivity index (χ4v) is 3.80. The quantitative estimate of drug-likeness (QED) is 0.400. The second kappa shape index (κ2) is 9.13. The first-order valence-corrected chi connectivity index (χ1v) is 10.6. The second-order valence-corrected chi connectivity index (χ2v) is 7.89. The minimum atomic E-state index is -0.263. The van der Waals surface area contributed by atoms with Gasteiger partial charge in [-0.1, -0.05) is 52.3 Å². The van der Waals surface area contributed by atoms with Gasteiger partial charge in [-0.3, -0.25) is 4.79 Å². The largest absolute Gasteiger partial charge is 0.492 e. The summed E-state index contributed by atoms with van der Waals surface area (Å²) in [6.07, 6.45) is 0. The van der Waals surface area contributed by atoms with Crippen LogP contribution in [0.15, 0.2) is 83.3 Å². The maximum absolute atomic E-state index is 12.7. The number of para-hydroxylation sites is 3. The third kappa shape index (κ3) is 4.54. The molecule has 0 aliphatic heterocycles. The number of nitrogens with one attached hydrogen (secondary N) is 1. The Morgan fingerprint density at radius 3 is 2.63 bits per heavy atom. The molecule has 1 atom stereocenters. The van der Waals surface area contributed by atoms with Crippen LogP contribution in [-0.4, -0.2) is 22.1 Å². The van der Waals surface area contributed by atoms with E-state index < -0.39 is 0 Å². The average Bonchev–Trinajstić information content (AvgIpc) is 3.13. The van der Waals surface area contributed by atoms with Gasteiger partial charge in [-0.05, 0) is 49.4 Å². The van der Waals surface area contributed by atoms with Crippen molar-refractivity contribution in [3.63, 3.8) is 0 Å². The molecule has 0 fully saturated rings. The van der Waals surface area contributed by atoms with Gasteiger partial charge in [-0.25, -0.2) is 4.98 Å². The topological polar surface area (TPSA) is 56.2 Å². The van der Waals surface area contributed by atoms with Crippen LogP contribution >= 0.6 is 15.9 Å². The van der Waals surface area contributed by atoms with Crippen LogP contribution in [0.1, 0.15) is 29.1 Å². The Kier molecular flexibility index (Phi) is 6.14. The SMILES string of the molecule is CC(NC(=O)c1cccc(Br)c1)c1nc2ccccc2n1CCOc1ccccc1. The highest BCUT2D eigenvalue weighted by Crippen LogP contribution is 2.22. The molecule has 0 aliphatic rings. The van der Waals surface area contributed by atoms with E-state index in [9.17, 15) is 4.79 Å². The molecule has 30 heavy (non-hydrogen) atoms. The summed E-state index contributed by atoms with van der Waals surface area (Å²) in [5, 5.41) is 3.07. The summed E-state index contributed by atoms with van der Waals surface area (Å²) in [4.78, 5) is 17.5. The molecule has 0 saturated heterocycles. The predicted molar refractivity (Wildman–Crippen MR) is 122 cm³/mol. The van der Waals surface area contributed by atoms with Crippen LogP contribution < -0.4 is 10.1 Å². The monoisotopic (exact) mass is 463 g/mol. The number of benzene rings is 3. The standard InChI is InChI=1S/C24H22BrN3O2/c1-17(26-24(29)18-8-7-9-19(25)16-18)23-27-21-12-5-6-13-22(21)28(23)14-15-30-20-10-3-2-4-11-20/h2-13,16-17H,14-15H2,1H3,(H,26,29). The fourth-order valence-electron chi connectivity index (χ4n) is 3.41. The number of halogens is 1. The lowest BCUT2D eigenvalue weighted by Crippen LogP contribution is -2.29. The van der Waals surface area contributed by atoms with Crippen LogP contribution in [0.2, 0.25) is 0 Å². The normalized spacial score (nSPS) is 11.9. The first-order chi connectivity index (χ1) is 14.6. The van der Waals surface area contributed by atoms with Gasteiger partial charge < -0.3 is 14.6 Å². The van der Waals surface area contributed by atoms with Crippen LogP contribution in [0.4, 0.5) is 0 Å². The zero-order valence-electron chi connectivity index (χ0n) is 16.6. The molecular formula is C24H22BrN3O2. The van der Waals surface area contributed by atoms with Crippen molar-refractivity contribution >= 4 is 32.9 Å². The highest BCUT2D eigenvalue weighted by Gasteiger charge is 2.19. The van der Waals surface area contributed by atoms with Gasteiger partial charge in [0, 0.05) is 10.0 Å². The van der Waals surface area contributed by atoms with Gasteiger partial charge in [0.15, 0.2) is 0 Å². The Bertz CT molecular complexity index is 1160. The molecule has 5 nitrogen and oxygen atoms in total. The zero-order chi connectivity index (χ0) is 20.9. The Balaban J connectivity index is 1.55. The lowest BCUT2D eigenvalue weighted by atomic mass is 10.2. The molecule has 152 valence electrons. The summed E-state index contributed by atoms with van der Waals surface area (Å²) >= 11 is 3.41. The number of carbonyl (C=O) groups excluding carboxylic acids is 1. The van der Waals surface area contributed by atoms with E-state index in [1.807, 2.05) is 73.7 Å². The smallest absolute Gasteiger partial charge is 0.251 e. The van der Waals surface area contributed by atoms with Crippen LogP contribution in [0.5, 0.6) is 5.75 Å². The van der Waals surface area contributed by atoms with Crippen molar-refractivity contribution in [2.24, 2.45) is 0 Å². The Morgan fingerprint density at radius 2 is 1.83 bits per heavy atom. The molecule has 1 amide bonds. The summed E-state index contributed by atoms with van der Waals surface area (Å²) in [7, 11) is 0. The molecule has 4 aromatic rings. The lowest BCUT2D eigenvalue weighted by Gasteiger charge is -2.17. The number of fused-ring (bicyclic) bond motifs is 1. The zero-order valence-corrected chi connectivity index (χ0v) is 18.2. The van der Waals surface area contributed by atoms with E-state index in [0.717, 1.165) is 27.1 Å². The number of hydrogen-bond acceptors (Lipinski definition) is 3. The number of nitrogens with zero attached hydrogens (tertiary/aromatic N) is 2. The molecule has 3 aromatic carbocycles. The molecule has 0 spiro atoms. The first kappa shape index (κ1) is 20.2. The van der Waals surface area contributed by atoms with Crippen molar-refractivity contribution in [1.82, 2.24) is 14.9 Å². The number of rotatable bonds is 7. The van der Waals surface area contributed by atoms with E-state index in [-0.39, 0.29) is 11.9 Å². The molecule has 0 bridgehead atoms. The Morgan fingerprint density at radius 1 is 1.07 bits per heavy atom. The van der Waals surface area contributed by atoms with Crippen molar-refractivity contribution in [2.75, 3.05) is 6.61 Å². The van der Waals surface area contributed by atoms with E-state index in [2.05, 4.69) is 25.8 Å². The predicted octanol–water partition coefficient (Wildman–Crippen LogP) is 5.37. The van der Waals surface area contributed by atoms with Gasteiger partial charge in [0.05, 0.1) is 23.6 Å². The van der Waals surface area contributed by atoms with Crippen molar-refractivity contribution in [3.05, 3.63) is 94.7 Å². The molecule has 1 N–H and O–H groups in total. The van der Waals surface area contributed by atoms with E-state index in [1.165, 1.54) is 0 Å². The molecule has 1 heterocycles. The number of carbonyl (C=O) groups is 1. The molecule has 0 aliphatic carbocycles. The Hall–Kier alpha value is -3.12. The fraction of sp³-hybridized carbons (Fsp3) is 0.167. The number of aromatic nitrogens is 2. The van der Waals surface area contributed by atoms with Gasteiger partial charge in [0.1, 0.15) is 18.2 Å². The Labute approximate surface area is 183 Å². The lowest BCUT2D eigenvalue weighted by molar-refractivity contribution is 0.0937. The molecule has 6 heteroatoms. The second-order valence-electron chi connectivity index (χ2n) is 6.98. The summed E-state index contributed by atoms with van der Waals surface area (Å²) in [6.45, 7) is 3.08. The van der Waals surface area contributed by atoms with Crippen LogP contribution in [0, 0.1) is 0 Å². The molecular weight excluding hydrogens is 442 g/mol. The van der Waals surface area contributed by atoms with Crippen molar-refractivity contribution in [2.45, 2.75) is 19.5 Å². The number of imidazole rings is 1. The van der Waals surface area contributed by atoms with Crippen LogP contribution in [0.25, 0.3) is 11.0 Å². The average molecular weight is 464 g/mol. The molecule has 0 radical (unpaired) electrons. The number of hydrogen-bond donors (Lipinski definition) is 1. The van der Waals surface area contributed by atoms with Gasteiger partial charge in [-0.15, -0.1) is 0 Å². The highest BCUT2D eigenvalue weighted by molar-refractivity contribution is 9.10. The van der Waals surface area contributed by atoms with E-state index in [4.69, 9.17) is 9.72 Å². The summed E-state index contributed by atoms with van der Waals surface area (Å²) < 4.78 is 8.87. The van der Waals surface area contributed by atoms with Crippen molar-refractivity contribution in [1.29, 1.82) is 0 Å². The minimum Gasteiger partial charge on any atom is -0.492 e. The third-order valence-corrected chi connectivity index (χ3v) is 5.33. The van der Waals surface area contributed by atoms with Gasteiger partial charge in [0.25, 0.3) is 5.91 Å². The van der Waals surface area contributed by atoms with Gasteiger partial charge in [-0.2, -0.15) is 0 Å². The number of amides is 1. The van der Waals surface area contributed by atoms with Gasteiger partial charge >= 0.3 is 0 Å². The number of ether oxygens (including phenoxy) is 1.